The molecule has 0 saturated carbocycles. The monoisotopic (exact) mass is 554 g/mol. The third-order valence-electron chi connectivity index (χ3n) is 5.10. The number of nitrogens with zero attached hydrogens (tertiary/aromatic N) is 3. The highest BCUT2D eigenvalue weighted by atomic mass is 79.9. The van der Waals surface area contributed by atoms with E-state index in [1.807, 2.05) is 24.3 Å². The maximum atomic E-state index is 12.9. The third kappa shape index (κ3) is 6.26. The predicted octanol–water partition coefficient (Wildman–Crippen LogP) is 6.40. The average Bonchev–Trinajstić information content (AvgIpc) is 3.18. The molecule has 0 aliphatic heterocycles. The number of halogens is 2. The molecule has 4 aromatic rings. The molecule has 0 spiro atoms. The molecule has 0 saturated heterocycles. The topological polar surface area (TPSA) is 99.3 Å². The molecule has 3 aromatic carbocycles. The minimum absolute atomic E-state index is 0.0738. The van der Waals surface area contributed by atoms with Crippen molar-refractivity contribution in [1.29, 1.82) is 0 Å². The molecule has 1 aromatic heterocycles. The second kappa shape index (κ2) is 10.7. The van der Waals surface area contributed by atoms with E-state index in [9.17, 15) is 14.9 Å². The summed E-state index contributed by atoms with van der Waals surface area (Å²) in [6, 6.07) is 19.1. The zero-order valence-electron chi connectivity index (χ0n) is 18.6. The number of benzene rings is 3. The van der Waals surface area contributed by atoms with E-state index in [1.165, 1.54) is 6.07 Å². The van der Waals surface area contributed by atoms with Crippen molar-refractivity contribution in [2.24, 2.45) is 0 Å². The highest BCUT2D eigenvalue weighted by Crippen LogP contribution is 2.28. The van der Waals surface area contributed by atoms with Gasteiger partial charge in [-0.15, -0.1) is 0 Å². The number of hydrogen-bond donors (Lipinski definition) is 1. The lowest BCUT2D eigenvalue weighted by Gasteiger charge is -2.09. The van der Waals surface area contributed by atoms with Crippen molar-refractivity contribution >= 4 is 44.9 Å². The summed E-state index contributed by atoms with van der Waals surface area (Å²) in [7, 11) is 0. The first-order valence-electron chi connectivity index (χ1n) is 10.5. The lowest BCUT2D eigenvalue weighted by molar-refractivity contribution is -0.386. The van der Waals surface area contributed by atoms with Crippen molar-refractivity contribution in [3.8, 4) is 5.75 Å². The number of carbonyl (C=O) groups is 1. The summed E-state index contributed by atoms with van der Waals surface area (Å²) in [5.41, 5.74) is 2.79. The summed E-state index contributed by atoms with van der Waals surface area (Å²) in [6.07, 6.45) is 1.78. The number of aryl methyl sites for hydroxylation is 1. The van der Waals surface area contributed by atoms with Crippen LogP contribution in [0.2, 0.25) is 5.02 Å². The van der Waals surface area contributed by atoms with Gasteiger partial charge in [-0.3, -0.25) is 19.6 Å². The van der Waals surface area contributed by atoms with Crippen LogP contribution in [0.5, 0.6) is 5.75 Å². The van der Waals surface area contributed by atoms with Crippen molar-refractivity contribution in [3.63, 3.8) is 0 Å². The molecule has 35 heavy (non-hydrogen) atoms. The summed E-state index contributed by atoms with van der Waals surface area (Å²) in [5, 5.41) is 19.2. The molecule has 0 atom stereocenters. The predicted molar refractivity (Wildman–Crippen MR) is 137 cm³/mol. The van der Waals surface area contributed by atoms with Crippen LogP contribution >= 0.6 is 27.5 Å². The number of ether oxygens (including phenoxy) is 1. The van der Waals surface area contributed by atoms with Crippen LogP contribution in [0.1, 0.15) is 27.0 Å². The number of nitro groups is 1. The minimum Gasteiger partial charge on any atom is -0.482 e. The molecule has 1 amide bonds. The van der Waals surface area contributed by atoms with Gasteiger partial charge in [0.05, 0.1) is 15.9 Å². The van der Waals surface area contributed by atoms with Gasteiger partial charge in [-0.05, 0) is 69.9 Å². The van der Waals surface area contributed by atoms with Gasteiger partial charge in [-0.2, -0.15) is 5.10 Å². The van der Waals surface area contributed by atoms with Crippen molar-refractivity contribution in [1.82, 2.24) is 9.78 Å². The molecular formula is C25H20BrClN4O4. The molecule has 0 aliphatic carbocycles. The van der Waals surface area contributed by atoms with E-state index < -0.39 is 4.92 Å². The molecule has 0 aliphatic rings. The fourth-order valence-electron chi connectivity index (χ4n) is 3.37. The van der Waals surface area contributed by atoms with E-state index in [2.05, 4.69) is 26.3 Å². The lowest BCUT2D eigenvalue weighted by atomic mass is 10.1. The Morgan fingerprint density at radius 3 is 2.66 bits per heavy atom. The van der Waals surface area contributed by atoms with Gasteiger partial charge in [-0.25, -0.2) is 0 Å². The van der Waals surface area contributed by atoms with E-state index in [4.69, 9.17) is 16.3 Å². The molecule has 178 valence electrons. The van der Waals surface area contributed by atoms with Gasteiger partial charge in [-0.1, -0.05) is 41.9 Å². The van der Waals surface area contributed by atoms with Crippen molar-refractivity contribution in [3.05, 3.63) is 115 Å². The molecule has 0 radical (unpaired) electrons. The fourth-order valence-corrected chi connectivity index (χ4v) is 3.92. The molecule has 4 rings (SSSR count). The zero-order chi connectivity index (χ0) is 24.9. The second-order valence-electron chi connectivity index (χ2n) is 7.82. The van der Waals surface area contributed by atoms with Gasteiger partial charge in [0.1, 0.15) is 6.61 Å². The number of rotatable bonds is 8. The van der Waals surface area contributed by atoms with E-state index in [1.54, 1.807) is 54.2 Å². The van der Waals surface area contributed by atoms with Crippen LogP contribution < -0.4 is 10.1 Å². The van der Waals surface area contributed by atoms with Crippen molar-refractivity contribution in [2.45, 2.75) is 20.1 Å². The highest BCUT2D eigenvalue weighted by molar-refractivity contribution is 9.10. The number of anilines is 1. The molecule has 8 nitrogen and oxygen atoms in total. The molecule has 0 bridgehead atoms. The standard InChI is InChI=1S/C25H20BrClN4O4/c1-16-5-10-23(22(11-16)31(33)34)35-15-18-3-2-4-19(12-18)25(32)28-24-21(26)14-30(29-24)13-17-6-8-20(27)9-7-17/h2-12,14H,13,15H2,1H3,(H,28,29,32). The first kappa shape index (κ1) is 24.4. The van der Waals surface area contributed by atoms with Gasteiger partial charge in [0.15, 0.2) is 11.6 Å². The quantitative estimate of drug-likeness (QED) is 0.200. The Morgan fingerprint density at radius 1 is 1.14 bits per heavy atom. The molecule has 10 heteroatoms. The first-order valence-corrected chi connectivity index (χ1v) is 11.7. The number of amides is 1. The maximum Gasteiger partial charge on any atom is 0.311 e. The first-order chi connectivity index (χ1) is 16.8. The van der Waals surface area contributed by atoms with E-state index in [0.29, 0.717) is 33.0 Å². The minimum atomic E-state index is -0.476. The van der Waals surface area contributed by atoms with Gasteiger partial charge in [0.25, 0.3) is 5.91 Å². The number of aromatic nitrogens is 2. The number of nitro benzene ring substituents is 1. The van der Waals surface area contributed by atoms with Crippen LogP contribution in [0.15, 0.2) is 77.4 Å². The third-order valence-corrected chi connectivity index (χ3v) is 5.93. The van der Waals surface area contributed by atoms with Gasteiger partial charge < -0.3 is 10.1 Å². The van der Waals surface area contributed by atoms with Crippen LogP contribution in [0.25, 0.3) is 0 Å². The second-order valence-corrected chi connectivity index (χ2v) is 9.11. The summed E-state index contributed by atoms with van der Waals surface area (Å²) >= 11 is 9.37. The van der Waals surface area contributed by atoms with Gasteiger partial charge in [0.2, 0.25) is 0 Å². The fraction of sp³-hybridized carbons (Fsp3) is 0.120. The van der Waals surface area contributed by atoms with Gasteiger partial charge >= 0.3 is 5.69 Å². The summed E-state index contributed by atoms with van der Waals surface area (Å²) in [6.45, 7) is 2.37. The van der Waals surface area contributed by atoms with Crippen LogP contribution in [-0.4, -0.2) is 20.6 Å². The average molecular weight is 556 g/mol. The Hall–Kier alpha value is -3.69. The molecule has 0 unspecified atom stereocenters. The number of nitrogens with one attached hydrogen (secondary N) is 1. The van der Waals surface area contributed by atoms with Crippen molar-refractivity contribution < 1.29 is 14.5 Å². The molecule has 1 heterocycles. The zero-order valence-corrected chi connectivity index (χ0v) is 20.9. The Bertz CT molecular complexity index is 1390. The summed E-state index contributed by atoms with van der Waals surface area (Å²) in [4.78, 5) is 23.7. The molecule has 0 fully saturated rings. The number of carbonyl (C=O) groups excluding carboxylic acids is 1. The van der Waals surface area contributed by atoms with Crippen LogP contribution in [0, 0.1) is 17.0 Å². The van der Waals surface area contributed by atoms with Gasteiger partial charge in [0, 0.05) is 22.8 Å². The number of hydrogen-bond acceptors (Lipinski definition) is 5. The Kier molecular flexibility index (Phi) is 7.48. The smallest absolute Gasteiger partial charge is 0.311 e. The Labute approximate surface area is 214 Å². The van der Waals surface area contributed by atoms with Crippen LogP contribution in [0.4, 0.5) is 11.5 Å². The Morgan fingerprint density at radius 2 is 1.91 bits per heavy atom. The van der Waals surface area contributed by atoms with E-state index in [0.717, 1.165) is 11.1 Å². The molecule has 1 N–H and O–H groups in total. The van der Waals surface area contributed by atoms with Crippen molar-refractivity contribution in [2.75, 3.05) is 5.32 Å². The Balaban J connectivity index is 1.43. The summed E-state index contributed by atoms with van der Waals surface area (Å²) < 4.78 is 8.03. The maximum absolute atomic E-state index is 12.9. The normalized spacial score (nSPS) is 10.7. The van der Waals surface area contributed by atoms with E-state index >= 15 is 0 Å². The van der Waals surface area contributed by atoms with E-state index in [-0.39, 0.29) is 24.0 Å². The summed E-state index contributed by atoms with van der Waals surface area (Å²) in [5.74, 6) is 0.220. The SMILES string of the molecule is Cc1ccc(OCc2cccc(C(=O)Nc3nn(Cc4ccc(Cl)cc4)cc3Br)c2)c([N+](=O)[O-])c1. The molecular weight excluding hydrogens is 536 g/mol. The lowest BCUT2D eigenvalue weighted by Crippen LogP contribution is -2.13. The van der Waals surface area contributed by atoms with Crippen LogP contribution in [0.3, 0.4) is 0 Å². The largest absolute Gasteiger partial charge is 0.482 e. The van der Waals surface area contributed by atoms with Crippen LogP contribution in [-0.2, 0) is 13.2 Å². The highest BCUT2D eigenvalue weighted by Gasteiger charge is 2.16.